The van der Waals surface area contributed by atoms with Gasteiger partial charge in [-0.05, 0) is 5.56 Å². The van der Waals surface area contributed by atoms with E-state index in [4.69, 9.17) is 16.3 Å². The van der Waals surface area contributed by atoms with Crippen LogP contribution in [0.5, 0.6) is 0 Å². The number of fused-ring (bicyclic) bond motifs is 1. The molecule has 1 aromatic heterocycles. The largest absolute Gasteiger partial charge is 0.465 e. The molecule has 11 heteroatoms. The molecule has 1 unspecified atom stereocenters. The van der Waals surface area contributed by atoms with E-state index < -0.39 is 65.1 Å². The minimum atomic E-state index is -5.21. The molecule has 1 atom stereocenters. The Balaban J connectivity index is 2.88. The zero-order valence-corrected chi connectivity index (χ0v) is 12.7. The van der Waals surface area contributed by atoms with Crippen LogP contribution in [0.15, 0.2) is 0 Å². The van der Waals surface area contributed by atoms with Crippen molar-refractivity contribution in [2.45, 2.75) is 25.1 Å². The lowest BCUT2D eigenvalue weighted by molar-refractivity contribution is -0.142. The number of methoxy groups -OCH3 is 1. The van der Waals surface area contributed by atoms with Crippen molar-refractivity contribution in [3.05, 3.63) is 28.1 Å². The Morgan fingerprint density at radius 3 is 2.54 bits per heavy atom. The maximum atomic E-state index is 13.2. The third kappa shape index (κ3) is 3.14. The Hall–Kier alpha value is -1.97. The van der Waals surface area contributed by atoms with Gasteiger partial charge in [0.25, 0.3) is 6.43 Å². The second-order valence-corrected chi connectivity index (χ2v) is 5.06. The third-order valence-corrected chi connectivity index (χ3v) is 3.62. The predicted octanol–water partition coefficient (Wildman–Crippen LogP) is 3.14. The van der Waals surface area contributed by atoms with Crippen molar-refractivity contribution in [1.82, 2.24) is 4.98 Å². The molecule has 0 saturated carbocycles. The van der Waals surface area contributed by atoms with Crippen LogP contribution in [-0.2, 0) is 22.1 Å². The summed E-state index contributed by atoms with van der Waals surface area (Å²) in [6, 6.07) is 0. The molecule has 132 valence electrons. The Morgan fingerprint density at radius 1 is 1.46 bits per heavy atom. The van der Waals surface area contributed by atoms with Crippen molar-refractivity contribution in [2.75, 3.05) is 13.0 Å². The predicted molar refractivity (Wildman–Crippen MR) is 69.2 cm³/mol. The van der Waals surface area contributed by atoms with Crippen molar-refractivity contribution in [3.8, 4) is 0 Å². The summed E-state index contributed by atoms with van der Waals surface area (Å²) in [5, 5.41) is 0. The molecule has 24 heavy (non-hydrogen) atoms. The zero-order valence-electron chi connectivity index (χ0n) is 11.9. The summed E-state index contributed by atoms with van der Waals surface area (Å²) >= 11 is 5.53. The topological polar surface area (TPSA) is 65.5 Å². The summed E-state index contributed by atoms with van der Waals surface area (Å²) in [5.74, 6) is -3.06. The van der Waals surface area contributed by atoms with E-state index in [1.165, 1.54) is 0 Å². The van der Waals surface area contributed by atoms with Crippen LogP contribution in [0.4, 0.5) is 22.0 Å². The van der Waals surface area contributed by atoms with Gasteiger partial charge in [-0.1, -0.05) is 0 Å². The summed E-state index contributed by atoms with van der Waals surface area (Å²) in [4.78, 5) is 26.5. The lowest BCUT2D eigenvalue weighted by Crippen LogP contribution is -2.34. The molecular weight excluding hydrogens is 365 g/mol. The molecule has 2 heterocycles. The monoisotopic (exact) mass is 373 g/mol. The SMILES string of the molecule is COC(=O)c1c(C(F)(F)F)nc(C(F)F)c2c1CC(CCl)OC2=O. The van der Waals surface area contributed by atoms with E-state index in [0.717, 1.165) is 7.11 Å². The highest BCUT2D eigenvalue weighted by molar-refractivity contribution is 6.18. The van der Waals surface area contributed by atoms with Crippen molar-refractivity contribution < 1.29 is 41.0 Å². The molecule has 0 radical (unpaired) electrons. The molecule has 0 N–H and O–H groups in total. The molecule has 5 nitrogen and oxygen atoms in total. The van der Waals surface area contributed by atoms with Crippen molar-refractivity contribution in [3.63, 3.8) is 0 Å². The first-order chi connectivity index (χ1) is 11.1. The highest BCUT2D eigenvalue weighted by Crippen LogP contribution is 2.39. The maximum Gasteiger partial charge on any atom is 0.434 e. The van der Waals surface area contributed by atoms with Gasteiger partial charge in [-0.25, -0.2) is 23.4 Å². The fourth-order valence-corrected chi connectivity index (χ4v) is 2.51. The number of ether oxygens (including phenoxy) is 2. The van der Waals surface area contributed by atoms with E-state index in [0.29, 0.717) is 0 Å². The lowest BCUT2D eigenvalue weighted by Gasteiger charge is -2.27. The van der Waals surface area contributed by atoms with E-state index in [1.54, 1.807) is 0 Å². The van der Waals surface area contributed by atoms with Gasteiger partial charge in [-0.15, -0.1) is 11.6 Å². The number of pyridine rings is 1. The minimum Gasteiger partial charge on any atom is -0.465 e. The standard InChI is InChI=1S/C13H9ClF5NO4/c1-23-11(21)7-5-2-4(3-14)24-12(22)6(5)8(10(15)16)20-9(7)13(17,18)19/h4,10H,2-3H2,1H3. The summed E-state index contributed by atoms with van der Waals surface area (Å²) in [6.45, 7) is 0. The van der Waals surface area contributed by atoms with Crippen LogP contribution in [0.2, 0.25) is 0 Å². The average molecular weight is 374 g/mol. The normalized spacial score (nSPS) is 17.5. The zero-order chi connectivity index (χ0) is 18.2. The molecule has 1 aromatic rings. The minimum absolute atomic E-state index is 0.292. The van der Waals surface area contributed by atoms with E-state index in [1.807, 2.05) is 0 Å². The average Bonchev–Trinajstić information content (AvgIpc) is 2.51. The van der Waals surface area contributed by atoms with Crippen LogP contribution in [0.1, 0.15) is 44.1 Å². The number of cyclic esters (lactones) is 1. The number of rotatable bonds is 3. The highest BCUT2D eigenvalue weighted by atomic mass is 35.5. The first kappa shape index (κ1) is 18.4. The molecule has 0 spiro atoms. The highest BCUT2D eigenvalue weighted by Gasteiger charge is 2.45. The maximum absolute atomic E-state index is 13.2. The van der Waals surface area contributed by atoms with Crippen molar-refractivity contribution in [1.29, 1.82) is 0 Å². The number of nitrogens with zero attached hydrogens (tertiary/aromatic N) is 1. The van der Waals surface area contributed by atoms with Gasteiger partial charge in [-0.3, -0.25) is 0 Å². The second-order valence-electron chi connectivity index (χ2n) is 4.75. The number of carbonyl (C=O) groups is 2. The molecular formula is C13H9ClF5NO4. The van der Waals surface area contributed by atoms with Gasteiger partial charge in [-0.2, -0.15) is 13.2 Å². The molecule has 0 aromatic carbocycles. The smallest absolute Gasteiger partial charge is 0.434 e. The molecule has 2 rings (SSSR count). The Morgan fingerprint density at radius 2 is 2.08 bits per heavy atom. The Kier molecular flexibility index (Phi) is 4.97. The molecule has 0 saturated heterocycles. The number of hydrogen-bond donors (Lipinski definition) is 0. The quantitative estimate of drug-likeness (QED) is 0.462. The van der Waals surface area contributed by atoms with Gasteiger partial charge in [0.15, 0.2) is 5.69 Å². The molecule has 1 aliphatic rings. The van der Waals surface area contributed by atoms with Gasteiger partial charge in [0.2, 0.25) is 0 Å². The van der Waals surface area contributed by atoms with Gasteiger partial charge in [0, 0.05) is 6.42 Å². The number of hydrogen-bond acceptors (Lipinski definition) is 5. The second kappa shape index (κ2) is 6.50. The molecule has 0 bridgehead atoms. The fraction of sp³-hybridized carbons (Fsp3) is 0.462. The summed E-state index contributed by atoms with van der Waals surface area (Å²) in [7, 11) is 0.816. The summed E-state index contributed by atoms with van der Waals surface area (Å²) in [5.41, 5.74) is -5.74. The fourth-order valence-electron chi connectivity index (χ4n) is 2.34. The molecule has 0 fully saturated rings. The lowest BCUT2D eigenvalue weighted by atomic mass is 9.91. The number of carbonyl (C=O) groups excluding carboxylic acids is 2. The number of halogens is 6. The summed E-state index contributed by atoms with van der Waals surface area (Å²) < 4.78 is 74.8. The first-order valence-electron chi connectivity index (χ1n) is 6.39. The van der Waals surface area contributed by atoms with Crippen LogP contribution < -0.4 is 0 Å². The van der Waals surface area contributed by atoms with Crippen LogP contribution in [0.25, 0.3) is 0 Å². The first-order valence-corrected chi connectivity index (χ1v) is 6.92. The van der Waals surface area contributed by atoms with Gasteiger partial charge in [0.05, 0.1) is 24.1 Å². The summed E-state index contributed by atoms with van der Waals surface area (Å²) in [6.07, 6.45) is -10.2. The van der Waals surface area contributed by atoms with Gasteiger partial charge in [0.1, 0.15) is 11.8 Å². The van der Waals surface area contributed by atoms with Gasteiger partial charge < -0.3 is 9.47 Å². The van der Waals surface area contributed by atoms with E-state index in [2.05, 4.69) is 9.72 Å². The Bertz CT molecular complexity index is 692. The van der Waals surface area contributed by atoms with E-state index in [-0.39, 0.29) is 5.88 Å². The third-order valence-electron chi connectivity index (χ3n) is 3.28. The molecule has 1 aliphatic heterocycles. The van der Waals surface area contributed by atoms with Crippen molar-refractivity contribution >= 4 is 23.5 Å². The molecule has 0 amide bonds. The van der Waals surface area contributed by atoms with Crippen molar-refractivity contribution in [2.24, 2.45) is 0 Å². The Labute approximate surface area is 136 Å². The molecule has 0 aliphatic carbocycles. The van der Waals surface area contributed by atoms with Gasteiger partial charge >= 0.3 is 18.1 Å². The van der Waals surface area contributed by atoms with Crippen LogP contribution in [-0.4, -0.2) is 36.0 Å². The number of esters is 2. The van der Waals surface area contributed by atoms with Crippen LogP contribution in [0.3, 0.4) is 0 Å². The van der Waals surface area contributed by atoms with E-state index >= 15 is 0 Å². The number of alkyl halides is 6. The van der Waals surface area contributed by atoms with Crippen LogP contribution >= 0.6 is 11.6 Å². The number of aromatic nitrogens is 1. The van der Waals surface area contributed by atoms with Crippen LogP contribution in [0, 0.1) is 0 Å². The van der Waals surface area contributed by atoms with E-state index in [9.17, 15) is 31.5 Å².